The van der Waals surface area contributed by atoms with Crippen molar-refractivity contribution in [1.82, 2.24) is 5.32 Å². The van der Waals surface area contributed by atoms with Crippen LogP contribution in [0.15, 0.2) is 91.0 Å². The molecule has 4 saturated heterocycles. The van der Waals surface area contributed by atoms with E-state index in [0.29, 0.717) is 36.8 Å². The van der Waals surface area contributed by atoms with Crippen molar-refractivity contribution in [3.63, 3.8) is 0 Å². The van der Waals surface area contributed by atoms with Crippen LogP contribution in [0.2, 0.25) is 0 Å². The lowest BCUT2D eigenvalue weighted by Gasteiger charge is -2.60. The van der Waals surface area contributed by atoms with Crippen LogP contribution < -0.4 is 21.2 Å². The molecule has 8 atom stereocenters. The number of benzene rings is 3. The summed E-state index contributed by atoms with van der Waals surface area (Å²) in [5.41, 5.74) is -0.540. The smallest absolute Gasteiger partial charge is 0.407 e. The largest absolute Gasteiger partial charge is 0.450 e. The second kappa shape index (κ2) is 14.2. The predicted octanol–water partition coefficient (Wildman–Crippen LogP) is 7.13. The lowest BCUT2D eigenvalue weighted by atomic mass is 9.57. The van der Waals surface area contributed by atoms with E-state index in [1.165, 1.54) is 22.3 Å². The van der Waals surface area contributed by atoms with Crippen LogP contribution in [0, 0.1) is 23.7 Å². The van der Waals surface area contributed by atoms with Crippen molar-refractivity contribution in [1.29, 1.82) is 0 Å². The lowest BCUT2D eigenvalue weighted by molar-refractivity contribution is -0.571. The second-order valence-corrected chi connectivity index (χ2v) is 18.2. The maximum atomic E-state index is 12.8. The number of rotatable bonds is 11. The molecule has 4 aliphatic heterocycles. The van der Waals surface area contributed by atoms with E-state index in [1.807, 2.05) is 6.92 Å². The van der Waals surface area contributed by atoms with Crippen LogP contribution >= 0.6 is 7.26 Å². The third-order valence-electron chi connectivity index (χ3n) is 11.7. The minimum Gasteiger partial charge on any atom is -0.450 e. The number of nitrogens with one attached hydrogen (secondary N) is 1. The molecule has 1 spiro atoms. The molecule has 8 heteroatoms. The van der Waals surface area contributed by atoms with Gasteiger partial charge in [0, 0.05) is 18.9 Å². The summed E-state index contributed by atoms with van der Waals surface area (Å²) in [6, 6.07) is 32.6. The zero-order valence-electron chi connectivity index (χ0n) is 28.6. The first-order valence-electron chi connectivity index (χ1n) is 18.0. The Morgan fingerprint density at radius 3 is 2.08 bits per heavy atom. The number of amides is 1. The highest BCUT2D eigenvalue weighted by atomic mass is 31.2. The van der Waals surface area contributed by atoms with Crippen molar-refractivity contribution in [3.8, 4) is 0 Å². The molecule has 7 nitrogen and oxygen atoms in total. The first kappa shape index (κ1) is 33.7. The van der Waals surface area contributed by atoms with Gasteiger partial charge in [0.25, 0.3) is 0 Å². The Bertz CT molecular complexity index is 1410. The number of fused-ring (bicyclic) bond motifs is 2. The Labute approximate surface area is 286 Å². The number of hydrogen-bond acceptors (Lipinski definition) is 6. The monoisotopic (exact) mass is 672 g/mol. The van der Waals surface area contributed by atoms with Crippen LogP contribution in [0.3, 0.4) is 0 Å². The van der Waals surface area contributed by atoms with E-state index in [1.54, 1.807) is 0 Å². The van der Waals surface area contributed by atoms with E-state index in [9.17, 15) is 4.79 Å². The minimum atomic E-state index is -1.93. The summed E-state index contributed by atoms with van der Waals surface area (Å²) < 4.78 is 18.9. The molecule has 256 valence electrons. The summed E-state index contributed by atoms with van der Waals surface area (Å²) >= 11 is 0. The van der Waals surface area contributed by atoms with Gasteiger partial charge < -0.3 is 19.5 Å². The number of alkyl carbamates (subject to hydrolysis) is 1. The van der Waals surface area contributed by atoms with Gasteiger partial charge in [-0.05, 0) is 99.6 Å². The van der Waals surface area contributed by atoms with E-state index >= 15 is 0 Å². The van der Waals surface area contributed by atoms with Gasteiger partial charge >= 0.3 is 6.09 Å². The molecule has 2 bridgehead atoms. The molecule has 8 rings (SSSR count). The number of carbonyl (C=O) groups excluding carboxylic acids is 1. The maximum Gasteiger partial charge on any atom is 0.407 e. The van der Waals surface area contributed by atoms with Gasteiger partial charge in [-0.2, -0.15) is 0 Å². The molecule has 3 aromatic carbocycles. The zero-order valence-corrected chi connectivity index (χ0v) is 29.5. The number of ether oxygens (including phenoxy) is 3. The van der Waals surface area contributed by atoms with Crippen molar-refractivity contribution in [2.75, 3.05) is 19.3 Å². The van der Waals surface area contributed by atoms with Gasteiger partial charge in [0.05, 0.1) is 18.9 Å². The van der Waals surface area contributed by atoms with Crippen LogP contribution in [0.5, 0.6) is 0 Å². The number of hydrogen-bond donors (Lipinski definition) is 1. The summed E-state index contributed by atoms with van der Waals surface area (Å²) in [5.74, 6) is 0.744. The average Bonchev–Trinajstić information content (AvgIpc) is 3.35. The molecule has 1 saturated carbocycles. The van der Waals surface area contributed by atoms with Gasteiger partial charge in [-0.1, -0.05) is 68.4 Å². The Morgan fingerprint density at radius 1 is 0.833 bits per heavy atom. The molecular formula is C40H51NO6P+. The van der Waals surface area contributed by atoms with Gasteiger partial charge in [-0.15, -0.1) is 0 Å². The fraction of sp³-hybridized carbons (Fsp3) is 0.525. The van der Waals surface area contributed by atoms with Gasteiger partial charge in [0.2, 0.25) is 5.79 Å². The van der Waals surface area contributed by atoms with Crippen LogP contribution in [-0.4, -0.2) is 49.2 Å². The molecule has 1 aliphatic carbocycles. The van der Waals surface area contributed by atoms with Crippen molar-refractivity contribution >= 4 is 29.3 Å². The lowest BCUT2D eigenvalue weighted by Crippen LogP contribution is -2.70. The van der Waals surface area contributed by atoms with Crippen LogP contribution in [0.1, 0.15) is 65.7 Å². The maximum absolute atomic E-state index is 12.8. The third-order valence-corrected chi connectivity index (χ3v) is 16.2. The summed E-state index contributed by atoms with van der Waals surface area (Å²) in [7, 11) is -1.93. The molecular weight excluding hydrogens is 621 g/mol. The molecule has 0 aromatic heterocycles. The Kier molecular flexibility index (Phi) is 9.97. The molecule has 3 aromatic rings. The summed E-state index contributed by atoms with van der Waals surface area (Å²) in [4.78, 5) is 25.0. The van der Waals surface area contributed by atoms with Crippen molar-refractivity contribution < 1.29 is 28.8 Å². The topological polar surface area (TPSA) is 75.3 Å². The van der Waals surface area contributed by atoms with Crippen molar-refractivity contribution in [3.05, 3.63) is 91.0 Å². The first-order valence-corrected chi connectivity index (χ1v) is 20.0. The highest BCUT2D eigenvalue weighted by Crippen LogP contribution is 2.61. The van der Waals surface area contributed by atoms with E-state index in [0.717, 1.165) is 44.7 Å². The summed E-state index contributed by atoms with van der Waals surface area (Å²) in [6.07, 6.45) is 6.66. The average molecular weight is 673 g/mol. The van der Waals surface area contributed by atoms with Crippen LogP contribution in [0.4, 0.5) is 4.79 Å². The fourth-order valence-electron chi connectivity index (χ4n) is 9.20. The summed E-state index contributed by atoms with van der Waals surface area (Å²) in [5, 5.41) is 7.08. The van der Waals surface area contributed by atoms with Gasteiger partial charge in [-0.25, -0.2) is 14.6 Å². The summed E-state index contributed by atoms with van der Waals surface area (Å²) in [6.45, 7) is 7.49. The van der Waals surface area contributed by atoms with E-state index in [-0.39, 0.29) is 12.2 Å². The molecule has 1 N–H and O–H groups in total. The van der Waals surface area contributed by atoms with Crippen LogP contribution in [0.25, 0.3) is 0 Å². The molecule has 5 fully saturated rings. The van der Waals surface area contributed by atoms with E-state index in [4.69, 9.17) is 24.0 Å². The number of carbonyl (C=O) groups is 1. The van der Waals surface area contributed by atoms with E-state index < -0.39 is 24.9 Å². The highest BCUT2D eigenvalue weighted by Gasteiger charge is 2.69. The Balaban J connectivity index is 0.932. The van der Waals surface area contributed by atoms with Crippen molar-refractivity contribution in [2.45, 2.75) is 89.5 Å². The minimum absolute atomic E-state index is 0.0175. The Morgan fingerprint density at radius 2 is 1.46 bits per heavy atom. The highest BCUT2D eigenvalue weighted by molar-refractivity contribution is 7.95. The SMILES string of the molecule is C[C@H]1[C@@H](CCCOC(=O)NCCC[P+](c2ccccc2)(c2ccccc2)c2ccccc2)O[C@@H]2O[C@@]3(C)CC[C@H]4[C@H](C)CC[C@@H]1[C@@]24OO3. The molecule has 48 heavy (non-hydrogen) atoms. The molecule has 0 unspecified atom stereocenters. The normalized spacial score (nSPS) is 32.6. The molecule has 4 heterocycles. The fourth-order valence-corrected chi connectivity index (χ4v) is 13.5. The Hall–Kier alpha value is -2.80. The third kappa shape index (κ3) is 6.22. The molecule has 1 amide bonds. The van der Waals surface area contributed by atoms with Gasteiger partial charge in [-0.3, -0.25) is 0 Å². The first-order chi connectivity index (χ1) is 23.4. The quantitative estimate of drug-likeness (QED) is 0.133. The second-order valence-electron chi connectivity index (χ2n) is 14.5. The molecule has 0 radical (unpaired) electrons. The standard InChI is InChI=1S/C40H50NO6P/c1-29-22-23-35-30(2)36(44-37-40(35)34(29)24-25-39(3,45-37)46-47-40)21-13-27-43-38(42)41-26-14-28-48(31-15-7-4-8-16-31,32-17-9-5-10-18-32)33-19-11-6-12-20-33/h4-12,15-20,29-30,34-37H,13-14,21-28H2,1-3H3/p+1/t29-,30-,34+,35+,36-,37-,39-,40-/m1/s1. The van der Waals surface area contributed by atoms with Crippen LogP contribution in [-0.2, 0) is 24.0 Å². The van der Waals surface area contributed by atoms with Gasteiger partial charge in [0.1, 0.15) is 23.2 Å². The predicted molar refractivity (Wildman–Crippen MR) is 190 cm³/mol. The van der Waals surface area contributed by atoms with Gasteiger partial charge in [0.15, 0.2) is 11.9 Å². The van der Waals surface area contributed by atoms with E-state index in [2.05, 4.69) is 110 Å². The van der Waals surface area contributed by atoms with Crippen molar-refractivity contribution in [2.24, 2.45) is 23.7 Å². The zero-order chi connectivity index (χ0) is 33.2. The molecule has 5 aliphatic rings.